The molecule has 5 heteroatoms. The van der Waals surface area contributed by atoms with Crippen LogP contribution < -0.4 is 0 Å². The maximum absolute atomic E-state index is 9.80. The van der Waals surface area contributed by atoms with Crippen molar-refractivity contribution in [3.05, 3.63) is 0 Å². The first kappa shape index (κ1) is 14.7. The second-order valence-corrected chi connectivity index (χ2v) is 14.3. The zero-order chi connectivity index (χ0) is 16.9. The second kappa shape index (κ2) is 3.64. The van der Waals surface area contributed by atoms with E-state index in [0.29, 0.717) is 23.3 Å². The van der Waals surface area contributed by atoms with Crippen molar-refractivity contribution >= 4 is 8.07 Å². The van der Waals surface area contributed by atoms with E-state index in [1.165, 1.54) is 19.3 Å². The molecule has 0 bridgehead atoms. The molecule has 0 amide bonds. The summed E-state index contributed by atoms with van der Waals surface area (Å²) in [7, 11) is -1.43. The van der Waals surface area contributed by atoms with Crippen molar-refractivity contribution in [1.82, 2.24) is 0 Å². The van der Waals surface area contributed by atoms with Crippen molar-refractivity contribution < 1.29 is 0 Å². The van der Waals surface area contributed by atoms with Gasteiger partial charge in [0.2, 0.25) is 0 Å². The minimum Gasteiger partial charge on any atom is -0.196 e. The molecule has 116 valence electrons. The Bertz CT molecular complexity index is 738. The molecule has 0 heterocycles. The first-order valence-corrected chi connectivity index (χ1v) is 12.0. The van der Waals surface area contributed by atoms with Gasteiger partial charge in [0.15, 0.2) is 10.8 Å². The normalized spacial score (nSPS) is 46.7. The Hall–Kier alpha value is -1.82. The van der Waals surface area contributed by atoms with Crippen LogP contribution in [0.3, 0.4) is 0 Å². The van der Waals surface area contributed by atoms with Gasteiger partial charge in [-0.05, 0) is 41.6 Å². The molecule has 4 aliphatic rings. The summed E-state index contributed by atoms with van der Waals surface area (Å²) < 4.78 is 0. The summed E-state index contributed by atoms with van der Waals surface area (Å²) in [6.45, 7) is 7.23. The predicted molar refractivity (Wildman–Crippen MR) is 84.7 cm³/mol. The Balaban J connectivity index is 1.81. The molecule has 4 saturated carbocycles. The molecule has 4 rings (SSSR count). The molecule has 3 unspecified atom stereocenters. The van der Waals surface area contributed by atoms with Crippen LogP contribution in [-0.2, 0) is 0 Å². The van der Waals surface area contributed by atoms with E-state index in [9.17, 15) is 21.0 Å². The smallest absolute Gasteiger partial charge is 0.178 e. The van der Waals surface area contributed by atoms with Gasteiger partial charge in [0.25, 0.3) is 0 Å². The molecular weight excluding hydrogens is 300 g/mol. The lowest BCUT2D eigenvalue weighted by atomic mass is 9.42. The van der Waals surface area contributed by atoms with Gasteiger partial charge in [-0.1, -0.05) is 26.1 Å². The Morgan fingerprint density at radius 3 is 1.70 bits per heavy atom. The number of hydrogen-bond donors (Lipinski definition) is 0. The van der Waals surface area contributed by atoms with Gasteiger partial charge < -0.3 is 0 Å². The van der Waals surface area contributed by atoms with Crippen LogP contribution in [0.2, 0.25) is 24.7 Å². The van der Waals surface area contributed by atoms with Crippen molar-refractivity contribution in [1.29, 1.82) is 21.0 Å². The number of fused-ring (bicyclic) bond motifs is 2. The third-order valence-electron chi connectivity index (χ3n) is 8.05. The van der Waals surface area contributed by atoms with Crippen molar-refractivity contribution in [2.24, 2.45) is 34.0 Å². The minimum atomic E-state index is -1.43. The van der Waals surface area contributed by atoms with E-state index in [4.69, 9.17) is 0 Å². The largest absolute Gasteiger partial charge is 0.196 e. The highest BCUT2D eigenvalue weighted by Crippen LogP contribution is 3.09. The lowest BCUT2D eigenvalue weighted by Gasteiger charge is -2.52. The molecule has 4 fully saturated rings. The zero-order valence-corrected chi connectivity index (χ0v) is 14.8. The molecule has 0 saturated heterocycles. The summed E-state index contributed by atoms with van der Waals surface area (Å²) in [5.74, 6) is 1.20. The van der Waals surface area contributed by atoms with Crippen LogP contribution >= 0.6 is 0 Å². The Morgan fingerprint density at radius 2 is 1.35 bits per heavy atom. The minimum absolute atomic E-state index is 0.0775. The van der Waals surface area contributed by atoms with Crippen LogP contribution in [0.4, 0.5) is 0 Å². The fourth-order valence-electron chi connectivity index (χ4n) is 7.55. The highest BCUT2D eigenvalue weighted by atomic mass is 28.3. The molecule has 5 atom stereocenters. The molecule has 4 aliphatic carbocycles. The van der Waals surface area contributed by atoms with Gasteiger partial charge in [-0.2, -0.15) is 21.0 Å². The summed E-state index contributed by atoms with van der Waals surface area (Å²) in [6, 6.07) is 8.35. The first-order chi connectivity index (χ1) is 10.8. The van der Waals surface area contributed by atoms with Crippen molar-refractivity contribution in [3.63, 3.8) is 0 Å². The standard InChI is InChI=1S/C18H20N4Si/c1-23(2,3)18-12-5-4-6-13(18)17(12,18)14-7-15(8-19,9-20)16(14,10-21)11-22/h12-14H,4-7H2,1-3H3/t12-,13+,14?,17?,18?. The zero-order valence-electron chi connectivity index (χ0n) is 13.8. The number of nitrogens with zero attached hydrogens (tertiary/aromatic N) is 4. The summed E-state index contributed by atoms with van der Waals surface area (Å²) >= 11 is 0. The van der Waals surface area contributed by atoms with Gasteiger partial charge in [0.05, 0.1) is 32.4 Å². The van der Waals surface area contributed by atoms with Gasteiger partial charge in [-0.3, -0.25) is 0 Å². The molecule has 0 aliphatic heterocycles. The first-order valence-electron chi connectivity index (χ1n) is 8.45. The van der Waals surface area contributed by atoms with E-state index in [1.807, 2.05) is 12.1 Å². The third-order valence-corrected chi connectivity index (χ3v) is 11.7. The topological polar surface area (TPSA) is 95.2 Å². The molecule has 0 spiro atoms. The molecule has 0 aromatic rings. The molecule has 0 aromatic carbocycles. The van der Waals surface area contributed by atoms with Gasteiger partial charge >= 0.3 is 0 Å². The van der Waals surface area contributed by atoms with E-state index in [2.05, 4.69) is 31.8 Å². The number of hydrogen-bond acceptors (Lipinski definition) is 4. The molecule has 4 nitrogen and oxygen atoms in total. The maximum Gasteiger partial charge on any atom is 0.178 e. The third kappa shape index (κ3) is 1.04. The molecule has 0 aromatic heterocycles. The van der Waals surface area contributed by atoms with E-state index in [1.54, 1.807) is 0 Å². The SMILES string of the molecule is C[Si](C)(C)C12[C@@H]3CCC[C@H]1C32C1CC(C#N)(C#N)C1(C#N)C#N. The van der Waals surface area contributed by atoms with Gasteiger partial charge in [0.1, 0.15) is 0 Å². The summed E-state index contributed by atoms with van der Waals surface area (Å²) in [5, 5.41) is 39.0. The highest BCUT2D eigenvalue weighted by molar-refractivity contribution is 6.81. The highest BCUT2D eigenvalue weighted by Gasteiger charge is 3.04. The van der Waals surface area contributed by atoms with Crippen LogP contribution in [0.1, 0.15) is 25.7 Å². The fourth-order valence-corrected chi connectivity index (χ4v) is 12.1. The van der Waals surface area contributed by atoms with Gasteiger partial charge in [-0.25, -0.2) is 0 Å². The number of rotatable bonds is 2. The van der Waals surface area contributed by atoms with Gasteiger partial charge in [0, 0.05) is 5.92 Å². The lowest BCUT2D eigenvalue weighted by molar-refractivity contribution is -0.0260. The maximum atomic E-state index is 9.80. The van der Waals surface area contributed by atoms with E-state index in [0.717, 1.165) is 0 Å². The average molecular weight is 320 g/mol. The van der Waals surface area contributed by atoms with Crippen LogP contribution in [0.5, 0.6) is 0 Å². The van der Waals surface area contributed by atoms with Crippen LogP contribution in [-0.4, -0.2) is 8.07 Å². The molecule has 23 heavy (non-hydrogen) atoms. The number of nitriles is 4. The van der Waals surface area contributed by atoms with Crippen molar-refractivity contribution in [2.45, 2.75) is 50.4 Å². The Morgan fingerprint density at radius 1 is 0.826 bits per heavy atom. The Kier molecular flexibility index (Phi) is 2.33. The summed E-state index contributed by atoms with van der Waals surface area (Å²) in [4.78, 5) is 0. The van der Waals surface area contributed by atoms with Gasteiger partial charge in [-0.15, -0.1) is 0 Å². The van der Waals surface area contributed by atoms with Crippen LogP contribution in [0.15, 0.2) is 0 Å². The average Bonchev–Trinajstić information content (AvgIpc) is 3.36. The summed E-state index contributed by atoms with van der Waals surface area (Å²) in [5.41, 5.74) is -2.75. The summed E-state index contributed by atoms with van der Waals surface area (Å²) in [6.07, 6.45) is 4.08. The van der Waals surface area contributed by atoms with Crippen LogP contribution in [0, 0.1) is 79.3 Å². The Labute approximate surface area is 138 Å². The van der Waals surface area contributed by atoms with Crippen molar-refractivity contribution in [2.75, 3.05) is 0 Å². The molecular formula is C18H20N4Si. The van der Waals surface area contributed by atoms with E-state index >= 15 is 0 Å². The fraction of sp³-hybridized carbons (Fsp3) is 0.778. The predicted octanol–water partition coefficient (Wildman–Crippen LogP) is 3.58. The van der Waals surface area contributed by atoms with Crippen LogP contribution in [0.25, 0.3) is 0 Å². The quantitative estimate of drug-likeness (QED) is 0.726. The van der Waals surface area contributed by atoms with E-state index in [-0.39, 0.29) is 11.3 Å². The lowest BCUT2D eigenvalue weighted by Crippen LogP contribution is -2.58. The monoisotopic (exact) mass is 320 g/mol. The molecule has 0 radical (unpaired) electrons. The van der Waals surface area contributed by atoms with Crippen molar-refractivity contribution in [3.8, 4) is 24.3 Å². The van der Waals surface area contributed by atoms with E-state index < -0.39 is 18.9 Å². The molecule has 0 N–H and O–H groups in total. The second-order valence-electron chi connectivity index (χ2n) is 9.01.